The Kier molecular flexibility index (Phi) is 4.78. The number of methoxy groups -OCH3 is 2. The lowest BCUT2D eigenvalue weighted by atomic mass is 10.0. The zero-order valence-electron chi connectivity index (χ0n) is 15.9. The largest absolute Gasteiger partial charge is 0.504 e. The van der Waals surface area contributed by atoms with Gasteiger partial charge in [-0.1, -0.05) is 18.2 Å². The van der Waals surface area contributed by atoms with E-state index in [4.69, 9.17) is 9.47 Å². The van der Waals surface area contributed by atoms with Gasteiger partial charge >= 0.3 is 0 Å². The lowest BCUT2D eigenvalue weighted by Gasteiger charge is -2.13. The first kappa shape index (κ1) is 18.4. The summed E-state index contributed by atoms with van der Waals surface area (Å²) in [6.07, 6.45) is 1.48. The minimum absolute atomic E-state index is 0.0349. The molecule has 7 nitrogen and oxygen atoms in total. The van der Waals surface area contributed by atoms with E-state index in [1.54, 1.807) is 30.3 Å². The van der Waals surface area contributed by atoms with Gasteiger partial charge in [-0.25, -0.2) is 9.97 Å². The molecule has 3 N–H and O–H groups in total. The molecule has 7 heteroatoms. The summed E-state index contributed by atoms with van der Waals surface area (Å²) in [5.74, 6) is 1.42. The van der Waals surface area contributed by atoms with E-state index in [1.165, 1.54) is 20.5 Å². The van der Waals surface area contributed by atoms with E-state index in [-0.39, 0.29) is 11.5 Å². The second-order valence-electron chi connectivity index (χ2n) is 6.32. The maximum Gasteiger partial charge on any atom is 0.184 e. The summed E-state index contributed by atoms with van der Waals surface area (Å²) in [5.41, 5.74) is 3.14. The highest BCUT2D eigenvalue weighted by Gasteiger charge is 2.12. The standard InChI is InChI=1S/C22H19N3O4/c1-28-20-11-14(7-9-18(20)26)13-6-8-16-15(10-13)22(24-12-23-16)25-17-4-3-5-19(27)21(17)29-2/h3-12,26-27H,1-2H3,(H,23,24,25). The number of aromatic hydroxyl groups is 2. The number of ether oxygens (including phenoxy) is 2. The van der Waals surface area contributed by atoms with Gasteiger partial charge in [-0.15, -0.1) is 0 Å². The Morgan fingerprint density at radius 1 is 0.828 bits per heavy atom. The molecule has 0 bridgehead atoms. The smallest absolute Gasteiger partial charge is 0.184 e. The number of nitrogens with one attached hydrogen (secondary N) is 1. The predicted octanol–water partition coefficient (Wildman–Crippen LogP) is 4.47. The molecule has 0 atom stereocenters. The molecule has 0 spiro atoms. The van der Waals surface area contributed by atoms with Crippen molar-refractivity contribution in [3.63, 3.8) is 0 Å². The van der Waals surface area contributed by atoms with Crippen molar-refractivity contribution in [2.45, 2.75) is 0 Å². The zero-order chi connectivity index (χ0) is 20.4. The van der Waals surface area contributed by atoms with Gasteiger partial charge in [0.15, 0.2) is 23.0 Å². The van der Waals surface area contributed by atoms with Crippen molar-refractivity contribution in [3.05, 3.63) is 60.9 Å². The molecule has 0 aliphatic carbocycles. The van der Waals surface area contributed by atoms with E-state index in [0.29, 0.717) is 23.0 Å². The van der Waals surface area contributed by atoms with Crippen LogP contribution >= 0.6 is 0 Å². The first-order valence-electron chi connectivity index (χ1n) is 8.86. The number of aromatic nitrogens is 2. The SMILES string of the molecule is COc1cc(-c2ccc3ncnc(Nc4cccc(O)c4OC)c3c2)ccc1O. The molecule has 29 heavy (non-hydrogen) atoms. The number of phenolic OH excluding ortho intramolecular Hbond substituents is 2. The van der Waals surface area contributed by atoms with Gasteiger partial charge in [0.05, 0.1) is 25.4 Å². The average molecular weight is 389 g/mol. The van der Waals surface area contributed by atoms with Crippen LogP contribution in [-0.2, 0) is 0 Å². The van der Waals surface area contributed by atoms with Gasteiger partial charge < -0.3 is 25.0 Å². The molecule has 0 aliphatic heterocycles. The minimum Gasteiger partial charge on any atom is -0.504 e. The van der Waals surface area contributed by atoms with Crippen molar-refractivity contribution in [3.8, 4) is 34.1 Å². The van der Waals surface area contributed by atoms with Gasteiger partial charge in [-0.05, 0) is 47.5 Å². The summed E-state index contributed by atoms with van der Waals surface area (Å²) in [6, 6.07) is 16.0. The van der Waals surface area contributed by atoms with Gasteiger partial charge in [0.25, 0.3) is 0 Å². The molecule has 0 fully saturated rings. The Hall–Kier alpha value is -4.00. The number of hydrogen-bond donors (Lipinski definition) is 3. The van der Waals surface area contributed by atoms with Crippen LogP contribution < -0.4 is 14.8 Å². The normalized spacial score (nSPS) is 10.7. The molecule has 4 rings (SSSR count). The van der Waals surface area contributed by atoms with Crippen LogP contribution in [0.15, 0.2) is 60.9 Å². The van der Waals surface area contributed by atoms with Gasteiger partial charge in [-0.2, -0.15) is 0 Å². The number of rotatable bonds is 5. The Morgan fingerprint density at radius 3 is 2.41 bits per heavy atom. The third-order valence-electron chi connectivity index (χ3n) is 4.60. The van der Waals surface area contributed by atoms with Crippen LogP contribution in [-0.4, -0.2) is 34.4 Å². The third kappa shape index (κ3) is 3.45. The van der Waals surface area contributed by atoms with Gasteiger partial charge in [0.2, 0.25) is 0 Å². The van der Waals surface area contributed by atoms with E-state index in [0.717, 1.165) is 22.0 Å². The van der Waals surface area contributed by atoms with E-state index in [1.807, 2.05) is 24.3 Å². The molecular weight excluding hydrogens is 370 g/mol. The lowest BCUT2D eigenvalue weighted by molar-refractivity contribution is 0.373. The average Bonchev–Trinajstić information content (AvgIpc) is 2.74. The summed E-state index contributed by atoms with van der Waals surface area (Å²) in [6.45, 7) is 0. The maximum atomic E-state index is 10.0. The molecule has 0 radical (unpaired) electrons. The minimum atomic E-state index is 0.0349. The van der Waals surface area contributed by atoms with Crippen LogP contribution in [0.25, 0.3) is 22.0 Å². The van der Waals surface area contributed by atoms with Gasteiger partial charge in [0, 0.05) is 5.39 Å². The van der Waals surface area contributed by atoms with Gasteiger partial charge in [0.1, 0.15) is 12.1 Å². The number of fused-ring (bicyclic) bond motifs is 1. The number of anilines is 2. The van der Waals surface area contributed by atoms with Crippen LogP contribution in [0.3, 0.4) is 0 Å². The number of phenols is 2. The van der Waals surface area contributed by atoms with Crippen molar-refractivity contribution in [2.75, 3.05) is 19.5 Å². The Bertz CT molecular complexity index is 1190. The summed E-state index contributed by atoms with van der Waals surface area (Å²) in [5, 5.41) is 23.9. The first-order valence-corrected chi connectivity index (χ1v) is 8.86. The number of hydrogen-bond acceptors (Lipinski definition) is 7. The lowest BCUT2D eigenvalue weighted by Crippen LogP contribution is -1.98. The van der Waals surface area contributed by atoms with Crippen LogP contribution in [0.2, 0.25) is 0 Å². The third-order valence-corrected chi connectivity index (χ3v) is 4.60. The molecule has 146 valence electrons. The highest BCUT2D eigenvalue weighted by Crippen LogP contribution is 2.37. The Morgan fingerprint density at radius 2 is 1.62 bits per heavy atom. The highest BCUT2D eigenvalue weighted by molar-refractivity contribution is 5.94. The summed E-state index contributed by atoms with van der Waals surface area (Å²) >= 11 is 0. The monoisotopic (exact) mass is 389 g/mol. The number of nitrogens with zero attached hydrogens (tertiary/aromatic N) is 2. The van der Waals surface area contributed by atoms with Crippen molar-refractivity contribution < 1.29 is 19.7 Å². The van der Waals surface area contributed by atoms with Crippen molar-refractivity contribution in [1.82, 2.24) is 9.97 Å². The molecule has 1 aromatic heterocycles. The summed E-state index contributed by atoms with van der Waals surface area (Å²) in [7, 11) is 3.01. The second-order valence-corrected chi connectivity index (χ2v) is 6.32. The molecule has 1 heterocycles. The van der Waals surface area contributed by atoms with Crippen LogP contribution in [0.1, 0.15) is 0 Å². The maximum absolute atomic E-state index is 10.0. The summed E-state index contributed by atoms with van der Waals surface area (Å²) in [4.78, 5) is 8.70. The summed E-state index contributed by atoms with van der Waals surface area (Å²) < 4.78 is 10.5. The molecule has 0 saturated carbocycles. The Balaban J connectivity index is 1.81. The van der Waals surface area contributed by atoms with Crippen molar-refractivity contribution >= 4 is 22.4 Å². The fourth-order valence-electron chi connectivity index (χ4n) is 3.16. The molecule has 3 aromatic carbocycles. The van der Waals surface area contributed by atoms with E-state index in [2.05, 4.69) is 15.3 Å². The fraction of sp³-hybridized carbons (Fsp3) is 0.0909. The molecule has 0 amide bonds. The molecular formula is C22H19N3O4. The second kappa shape index (κ2) is 7.55. The molecule has 4 aromatic rings. The van der Waals surface area contributed by atoms with Gasteiger partial charge in [-0.3, -0.25) is 0 Å². The van der Waals surface area contributed by atoms with Crippen molar-refractivity contribution in [2.24, 2.45) is 0 Å². The zero-order valence-corrected chi connectivity index (χ0v) is 15.9. The molecule has 0 unspecified atom stereocenters. The van der Waals surface area contributed by atoms with E-state index in [9.17, 15) is 10.2 Å². The molecule has 0 aliphatic rings. The van der Waals surface area contributed by atoms with E-state index >= 15 is 0 Å². The number of benzene rings is 3. The van der Waals surface area contributed by atoms with Crippen LogP contribution in [0.5, 0.6) is 23.0 Å². The van der Waals surface area contributed by atoms with Crippen LogP contribution in [0, 0.1) is 0 Å². The van der Waals surface area contributed by atoms with E-state index < -0.39 is 0 Å². The predicted molar refractivity (Wildman–Crippen MR) is 111 cm³/mol. The topological polar surface area (TPSA) is 96.7 Å². The molecule has 0 saturated heterocycles. The Labute approximate surface area is 167 Å². The van der Waals surface area contributed by atoms with Crippen LogP contribution in [0.4, 0.5) is 11.5 Å². The van der Waals surface area contributed by atoms with Crippen molar-refractivity contribution in [1.29, 1.82) is 0 Å². The highest BCUT2D eigenvalue weighted by atomic mass is 16.5. The first-order chi connectivity index (χ1) is 14.1. The quantitative estimate of drug-likeness (QED) is 0.463. The number of para-hydroxylation sites is 1. The fourth-order valence-corrected chi connectivity index (χ4v) is 3.16.